The molecule has 4 N–H and O–H groups in total. The number of nitrogens with one attached hydrogen (secondary N) is 2. The molecule has 0 unspecified atom stereocenters. The number of fused-ring (bicyclic) bond motifs is 1. The van der Waals surface area contributed by atoms with Gasteiger partial charge in [-0.1, -0.05) is 36.4 Å². The van der Waals surface area contributed by atoms with Crippen LogP contribution in [0.25, 0.3) is 11.3 Å². The van der Waals surface area contributed by atoms with Gasteiger partial charge in [-0.2, -0.15) is 0 Å². The summed E-state index contributed by atoms with van der Waals surface area (Å²) in [5.41, 5.74) is 13.7. The molecule has 1 aliphatic heterocycles. The van der Waals surface area contributed by atoms with Gasteiger partial charge in [0.25, 0.3) is 5.91 Å². The highest BCUT2D eigenvalue weighted by Gasteiger charge is 2.29. The Morgan fingerprint density at radius 3 is 2.77 bits per heavy atom. The van der Waals surface area contributed by atoms with Crippen LogP contribution >= 0.6 is 0 Å². The van der Waals surface area contributed by atoms with E-state index in [0.717, 1.165) is 41.3 Å². The van der Waals surface area contributed by atoms with Crippen molar-refractivity contribution in [3.05, 3.63) is 82.7 Å². The van der Waals surface area contributed by atoms with E-state index in [-0.39, 0.29) is 24.3 Å². The topological polar surface area (TPSA) is 86.5 Å². The molecule has 1 amide bonds. The molecule has 1 aliphatic rings. The van der Waals surface area contributed by atoms with Crippen molar-refractivity contribution in [2.75, 3.05) is 25.1 Å². The van der Waals surface area contributed by atoms with Crippen LogP contribution in [0.4, 0.5) is 10.2 Å². The van der Waals surface area contributed by atoms with E-state index in [9.17, 15) is 9.18 Å². The van der Waals surface area contributed by atoms with Crippen LogP contribution in [0.2, 0.25) is 0 Å². The molecule has 184 valence electrons. The van der Waals surface area contributed by atoms with Gasteiger partial charge in [-0.15, -0.1) is 0 Å². The Labute approximate surface area is 206 Å². The quantitative estimate of drug-likeness (QED) is 0.439. The van der Waals surface area contributed by atoms with Gasteiger partial charge in [-0.3, -0.25) is 9.80 Å². The first-order chi connectivity index (χ1) is 16.9. The number of nitrogens with two attached hydrogens (primary N) is 1. The van der Waals surface area contributed by atoms with Crippen molar-refractivity contribution in [1.29, 1.82) is 0 Å². The number of halogens is 1. The lowest BCUT2D eigenvalue weighted by Crippen LogP contribution is -2.38. The number of pyridine rings is 1. The van der Waals surface area contributed by atoms with Crippen LogP contribution in [0.3, 0.4) is 0 Å². The summed E-state index contributed by atoms with van der Waals surface area (Å²) in [6, 6.07) is 16.6. The predicted molar refractivity (Wildman–Crippen MR) is 137 cm³/mol. The maximum absolute atomic E-state index is 14.1. The number of hydrogen-bond acceptors (Lipinski definition) is 6. The Morgan fingerprint density at radius 2 is 2.03 bits per heavy atom. The van der Waals surface area contributed by atoms with E-state index in [1.165, 1.54) is 6.07 Å². The van der Waals surface area contributed by atoms with Crippen molar-refractivity contribution >= 4 is 11.7 Å². The summed E-state index contributed by atoms with van der Waals surface area (Å²) in [6.45, 7) is 6.94. The van der Waals surface area contributed by atoms with Gasteiger partial charge in [0.05, 0.1) is 5.69 Å². The Hall–Kier alpha value is -3.33. The van der Waals surface area contributed by atoms with Crippen molar-refractivity contribution in [3.8, 4) is 11.3 Å². The molecule has 2 aromatic carbocycles. The van der Waals surface area contributed by atoms with Crippen LogP contribution in [0, 0.1) is 5.82 Å². The first kappa shape index (κ1) is 24.8. The zero-order valence-corrected chi connectivity index (χ0v) is 20.5. The molecule has 0 saturated heterocycles. The van der Waals surface area contributed by atoms with Crippen LogP contribution in [-0.2, 0) is 19.6 Å². The number of amides is 1. The Balaban J connectivity index is 1.68. The van der Waals surface area contributed by atoms with Gasteiger partial charge in [-0.05, 0) is 44.7 Å². The number of likely N-dealkylation sites (N-methyl/N-ethyl adjacent to an activating group) is 1. The summed E-state index contributed by atoms with van der Waals surface area (Å²) >= 11 is 0. The van der Waals surface area contributed by atoms with Crippen LogP contribution in [0.1, 0.15) is 40.9 Å². The highest BCUT2D eigenvalue weighted by molar-refractivity contribution is 5.98. The van der Waals surface area contributed by atoms with E-state index in [1.807, 2.05) is 30.3 Å². The molecular formula is C27H33FN6O. The summed E-state index contributed by atoms with van der Waals surface area (Å²) in [5.74, 6) is 0.163. The standard InChI is InChI=1S/C27H33FN6O/c1-18(2)34-26-23(16-31-34)22(27(35)30-15-21-8-4-5-10-24(21)28)14-25(32-26)20-9-6-7-19(13-20)17-33(3)12-11-29/h4-10,13-14,18,31H,11-12,15-17,29H2,1-3H3,(H,30,35). The van der Waals surface area contributed by atoms with Crippen LogP contribution in [0.15, 0.2) is 54.6 Å². The first-order valence-electron chi connectivity index (χ1n) is 11.9. The summed E-state index contributed by atoms with van der Waals surface area (Å²) in [5, 5.41) is 4.88. The van der Waals surface area contributed by atoms with E-state index in [2.05, 4.69) is 41.6 Å². The van der Waals surface area contributed by atoms with E-state index >= 15 is 0 Å². The SMILES string of the molecule is CC(C)N1NCc2c(C(=O)NCc3ccccc3F)cc(-c3cccc(CN(C)CCN)c3)nc21. The molecule has 0 radical (unpaired) electrons. The molecular weight excluding hydrogens is 443 g/mol. The molecule has 0 fully saturated rings. The molecule has 35 heavy (non-hydrogen) atoms. The minimum absolute atomic E-state index is 0.113. The summed E-state index contributed by atoms with van der Waals surface area (Å²) in [4.78, 5) is 20.4. The van der Waals surface area contributed by atoms with E-state index in [4.69, 9.17) is 10.7 Å². The van der Waals surface area contributed by atoms with E-state index < -0.39 is 0 Å². The van der Waals surface area contributed by atoms with Gasteiger partial charge in [0, 0.05) is 61.0 Å². The molecule has 0 aliphatic carbocycles. The van der Waals surface area contributed by atoms with Crippen molar-refractivity contribution in [1.82, 2.24) is 20.6 Å². The number of carbonyl (C=O) groups is 1. The second-order valence-electron chi connectivity index (χ2n) is 9.16. The monoisotopic (exact) mass is 476 g/mol. The molecule has 1 aromatic heterocycles. The minimum atomic E-state index is -0.336. The number of hydrazine groups is 1. The van der Waals surface area contributed by atoms with Crippen LogP contribution in [-0.4, -0.2) is 42.0 Å². The predicted octanol–water partition coefficient (Wildman–Crippen LogP) is 3.44. The summed E-state index contributed by atoms with van der Waals surface area (Å²) < 4.78 is 14.1. The van der Waals surface area contributed by atoms with Crippen LogP contribution in [0.5, 0.6) is 0 Å². The Bertz CT molecular complexity index is 1200. The first-order valence-corrected chi connectivity index (χ1v) is 11.9. The van der Waals surface area contributed by atoms with Crippen molar-refractivity contribution < 1.29 is 9.18 Å². The molecule has 0 spiro atoms. The third-order valence-corrected chi connectivity index (χ3v) is 6.10. The van der Waals surface area contributed by atoms with Gasteiger partial charge in [0.1, 0.15) is 11.6 Å². The number of rotatable bonds is 9. The minimum Gasteiger partial charge on any atom is -0.348 e. The number of hydrogen-bond donors (Lipinski definition) is 3. The van der Waals surface area contributed by atoms with Crippen molar-refractivity contribution in [2.45, 2.75) is 39.5 Å². The van der Waals surface area contributed by atoms with E-state index in [0.29, 0.717) is 24.2 Å². The maximum Gasteiger partial charge on any atom is 0.252 e. The third kappa shape index (κ3) is 5.67. The van der Waals surface area contributed by atoms with Gasteiger partial charge >= 0.3 is 0 Å². The van der Waals surface area contributed by atoms with Gasteiger partial charge < -0.3 is 16.0 Å². The van der Waals surface area contributed by atoms with Crippen molar-refractivity contribution in [3.63, 3.8) is 0 Å². The molecule has 8 heteroatoms. The number of benzene rings is 2. The van der Waals surface area contributed by atoms with Gasteiger partial charge in [0.2, 0.25) is 0 Å². The lowest BCUT2D eigenvalue weighted by molar-refractivity contribution is 0.0949. The summed E-state index contributed by atoms with van der Waals surface area (Å²) in [6.07, 6.45) is 0. The van der Waals surface area contributed by atoms with Gasteiger partial charge in [0.15, 0.2) is 0 Å². The molecule has 0 atom stereocenters. The van der Waals surface area contributed by atoms with Crippen molar-refractivity contribution in [2.24, 2.45) is 5.73 Å². The second-order valence-corrected chi connectivity index (χ2v) is 9.16. The maximum atomic E-state index is 14.1. The molecule has 4 rings (SSSR count). The average Bonchev–Trinajstić information content (AvgIpc) is 3.27. The number of aromatic nitrogens is 1. The lowest BCUT2D eigenvalue weighted by atomic mass is 10.0. The number of anilines is 1. The smallest absolute Gasteiger partial charge is 0.252 e. The molecule has 2 heterocycles. The summed E-state index contributed by atoms with van der Waals surface area (Å²) in [7, 11) is 2.04. The van der Waals surface area contributed by atoms with Crippen LogP contribution < -0.4 is 21.5 Å². The van der Waals surface area contributed by atoms with E-state index in [1.54, 1.807) is 18.2 Å². The number of carbonyl (C=O) groups excluding carboxylic acids is 1. The average molecular weight is 477 g/mol. The fraction of sp³-hybridized carbons (Fsp3) is 0.333. The fourth-order valence-corrected chi connectivity index (χ4v) is 4.30. The molecule has 7 nitrogen and oxygen atoms in total. The van der Waals surface area contributed by atoms with Gasteiger partial charge in [-0.25, -0.2) is 14.8 Å². The second kappa shape index (κ2) is 10.9. The largest absolute Gasteiger partial charge is 0.348 e. The lowest BCUT2D eigenvalue weighted by Gasteiger charge is -2.23. The number of nitrogens with zero attached hydrogens (tertiary/aromatic N) is 3. The molecule has 0 bridgehead atoms. The molecule has 3 aromatic rings. The molecule has 0 saturated carbocycles. The highest BCUT2D eigenvalue weighted by Crippen LogP contribution is 2.32. The Morgan fingerprint density at radius 1 is 1.23 bits per heavy atom. The zero-order valence-electron chi connectivity index (χ0n) is 20.5. The fourth-order valence-electron chi connectivity index (χ4n) is 4.30. The highest BCUT2D eigenvalue weighted by atomic mass is 19.1. The third-order valence-electron chi connectivity index (χ3n) is 6.10. The zero-order chi connectivity index (χ0) is 24.9. The Kier molecular flexibility index (Phi) is 7.75. The normalized spacial score (nSPS) is 12.9.